The normalized spacial score (nSPS) is 28.0. The van der Waals surface area contributed by atoms with Crippen LogP contribution in [0.4, 0.5) is 14.9 Å². The van der Waals surface area contributed by atoms with Crippen molar-refractivity contribution < 1.29 is 23.8 Å². The zero-order valence-electron chi connectivity index (χ0n) is 19.7. The minimum Gasteiger partial charge on any atom is -0.447 e. The van der Waals surface area contributed by atoms with Crippen molar-refractivity contribution in [3.63, 3.8) is 0 Å². The Morgan fingerprint density at radius 2 is 2.00 bits per heavy atom. The first-order chi connectivity index (χ1) is 15.8. The van der Waals surface area contributed by atoms with Gasteiger partial charge in [0.15, 0.2) is 0 Å². The van der Waals surface area contributed by atoms with Gasteiger partial charge in [0.05, 0.1) is 23.3 Å². The molecule has 2 saturated heterocycles. The van der Waals surface area contributed by atoms with E-state index >= 15 is 4.39 Å². The van der Waals surface area contributed by atoms with E-state index in [0.29, 0.717) is 17.8 Å². The monoisotopic (exact) mass is 461 g/mol. The predicted octanol–water partition coefficient (Wildman–Crippen LogP) is 3.58. The molecule has 2 amide bonds. The molecule has 1 aliphatic carbocycles. The first-order valence-corrected chi connectivity index (χ1v) is 12.2. The summed E-state index contributed by atoms with van der Waals surface area (Å²) in [7, 11) is 0. The summed E-state index contributed by atoms with van der Waals surface area (Å²) in [5, 5.41) is 12.4. The summed E-state index contributed by atoms with van der Waals surface area (Å²) in [5.74, 6) is -0.134. The Morgan fingerprint density at radius 3 is 2.70 bits per heavy atom. The average molecular weight is 462 g/mol. The van der Waals surface area contributed by atoms with Crippen LogP contribution < -0.4 is 10.2 Å². The van der Waals surface area contributed by atoms with E-state index < -0.39 is 11.5 Å². The lowest BCUT2D eigenvalue weighted by molar-refractivity contribution is -0.139. The highest BCUT2D eigenvalue weighted by Gasteiger charge is 2.50. The fraction of sp³-hybridized carbons (Fsp3) is 0.680. The first kappa shape index (κ1) is 23.8. The molecular weight excluding hydrogens is 425 g/mol. The number of alkyl carbamates (subject to hydrolysis) is 1. The SMILES string of the molecule is CC(C)OC(=O)NCc1ccc(N2CCC[C@@]3(CCN(C4CCC(O)CC4)C3=O)C2)c(F)c1. The standard InChI is InChI=1S/C25H36FN3O4/c1-17(2)33-24(32)27-15-18-4-9-22(21(26)14-18)28-12-3-10-25(16-28)11-13-29(23(25)31)19-5-7-20(30)8-6-19/h4,9,14,17,19-20,30H,3,5-8,10-13,15-16H2,1-2H3,(H,27,32)/t19?,20?,25-/m1/s1. The van der Waals surface area contributed by atoms with Crippen LogP contribution >= 0.6 is 0 Å². The van der Waals surface area contributed by atoms with Crippen LogP contribution in [0.1, 0.15) is 64.4 Å². The Bertz CT molecular complexity index is 871. The molecule has 8 heteroatoms. The third-order valence-electron chi connectivity index (χ3n) is 7.36. The number of likely N-dealkylation sites (tertiary alicyclic amines) is 1. The minimum atomic E-state index is -0.524. The zero-order valence-corrected chi connectivity index (χ0v) is 19.7. The predicted molar refractivity (Wildman–Crippen MR) is 123 cm³/mol. The van der Waals surface area contributed by atoms with Gasteiger partial charge in [-0.25, -0.2) is 9.18 Å². The molecule has 2 N–H and O–H groups in total. The van der Waals surface area contributed by atoms with Crippen LogP contribution in [0, 0.1) is 11.2 Å². The smallest absolute Gasteiger partial charge is 0.407 e. The van der Waals surface area contributed by atoms with E-state index in [1.807, 2.05) is 15.9 Å². The number of nitrogens with zero attached hydrogens (tertiary/aromatic N) is 2. The molecule has 3 fully saturated rings. The van der Waals surface area contributed by atoms with E-state index in [1.165, 1.54) is 6.07 Å². The Kier molecular flexibility index (Phi) is 7.12. The molecule has 1 aromatic rings. The third kappa shape index (κ3) is 5.26. The van der Waals surface area contributed by atoms with Gasteiger partial charge in [0.2, 0.25) is 5.91 Å². The zero-order chi connectivity index (χ0) is 23.6. The Labute approximate surface area is 195 Å². The molecule has 0 bridgehead atoms. The van der Waals surface area contributed by atoms with Crippen LogP contribution in [0.2, 0.25) is 0 Å². The van der Waals surface area contributed by atoms with E-state index in [1.54, 1.807) is 19.9 Å². The van der Waals surface area contributed by atoms with Crippen molar-refractivity contribution in [3.05, 3.63) is 29.6 Å². The van der Waals surface area contributed by atoms with Gasteiger partial charge in [-0.1, -0.05) is 6.07 Å². The van der Waals surface area contributed by atoms with Gasteiger partial charge in [-0.15, -0.1) is 0 Å². The van der Waals surface area contributed by atoms with Crippen LogP contribution in [0.25, 0.3) is 0 Å². The van der Waals surface area contributed by atoms with Crippen molar-refractivity contribution in [2.45, 2.75) is 83.6 Å². The van der Waals surface area contributed by atoms with Crippen molar-refractivity contribution in [2.24, 2.45) is 5.41 Å². The first-order valence-electron chi connectivity index (χ1n) is 12.2. The molecule has 0 aromatic heterocycles. The van der Waals surface area contributed by atoms with E-state index in [4.69, 9.17) is 4.74 Å². The molecule has 1 atom stereocenters. The number of halogens is 1. The average Bonchev–Trinajstić information content (AvgIpc) is 3.08. The minimum absolute atomic E-state index is 0.191. The third-order valence-corrected chi connectivity index (χ3v) is 7.36. The summed E-state index contributed by atoms with van der Waals surface area (Å²) in [5.41, 5.74) is 0.725. The summed E-state index contributed by atoms with van der Waals surface area (Å²) >= 11 is 0. The van der Waals surface area contributed by atoms with Gasteiger partial charge in [-0.2, -0.15) is 0 Å². The van der Waals surface area contributed by atoms with E-state index in [-0.39, 0.29) is 36.5 Å². The summed E-state index contributed by atoms with van der Waals surface area (Å²) < 4.78 is 20.1. The Hall–Kier alpha value is -2.35. The summed E-state index contributed by atoms with van der Waals surface area (Å²) in [6, 6.07) is 5.23. The van der Waals surface area contributed by atoms with Crippen LogP contribution in [0.5, 0.6) is 0 Å². The molecule has 0 radical (unpaired) electrons. The molecule has 1 aromatic carbocycles. The number of carbonyl (C=O) groups excluding carboxylic acids is 2. The second-order valence-electron chi connectivity index (χ2n) is 10.1. The second-order valence-corrected chi connectivity index (χ2v) is 10.1. The van der Waals surface area contributed by atoms with Gasteiger partial charge in [0.25, 0.3) is 0 Å². The van der Waals surface area contributed by atoms with Gasteiger partial charge >= 0.3 is 6.09 Å². The van der Waals surface area contributed by atoms with E-state index in [2.05, 4.69) is 5.32 Å². The summed E-state index contributed by atoms with van der Waals surface area (Å²) in [6.07, 6.45) is 4.78. The Morgan fingerprint density at radius 1 is 1.24 bits per heavy atom. The molecule has 7 nitrogen and oxygen atoms in total. The number of carbonyl (C=O) groups is 2. The van der Waals surface area contributed by atoms with Crippen LogP contribution in [0.3, 0.4) is 0 Å². The number of hydrogen-bond acceptors (Lipinski definition) is 5. The number of aliphatic hydroxyl groups excluding tert-OH is 1. The maximum atomic E-state index is 15.0. The van der Waals surface area contributed by atoms with Crippen LogP contribution in [-0.4, -0.2) is 59.9 Å². The van der Waals surface area contributed by atoms with Gasteiger partial charge in [-0.05, 0) is 76.5 Å². The number of anilines is 1. The highest BCUT2D eigenvalue weighted by Crippen LogP contribution is 2.43. The van der Waals surface area contributed by atoms with Crippen molar-refractivity contribution in [2.75, 3.05) is 24.5 Å². The van der Waals surface area contributed by atoms with Crippen LogP contribution in [0.15, 0.2) is 18.2 Å². The fourth-order valence-electron chi connectivity index (χ4n) is 5.63. The lowest BCUT2D eigenvalue weighted by Gasteiger charge is -2.41. The van der Waals surface area contributed by atoms with Gasteiger partial charge in [0, 0.05) is 32.2 Å². The van der Waals surface area contributed by atoms with Gasteiger partial charge in [0.1, 0.15) is 5.82 Å². The number of nitrogens with one attached hydrogen (secondary N) is 1. The summed E-state index contributed by atoms with van der Waals surface area (Å²) in [4.78, 5) is 29.2. The van der Waals surface area contributed by atoms with Crippen molar-refractivity contribution >= 4 is 17.7 Å². The molecule has 1 spiro atoms. The Balaban J connectivity index is 1.40. The number of rotatable bonds is 5. The highest BCUT2D eigenvalue weighted by atomic mass is 19.1. The van der Waals surface area contributed by atoms with Crippen molar-refractivity contribution in [3.8, 4) is 0 Å². The lowest BCUT2D eigenvalue weighted by Crippen LogP contribution is -2.50. The molecule has 4 rings (SSSR count). The second kappa shape index (κ2) is 9.87. The van der Waals surface area contributed by atoms with E-state index in [0.717, 1.165) is 58.0 Å². The molecule has 0 unspecified atom stereocenters. The van der Waals surface area contributed by atoms with Crippen molar-refractivity contribution in [1.29, 1.82) is 0 Å². The van der Waals surface area contributed by atoms with Crippen LogP contribution in [-0.2, 0) is 16.1 Å². The number of aliphatic hydroxyl groups is 1. The summed E-state index contributed by atoms with van der Waals surface area (Å²) in [6.45, 7) is 5.75. The molecule has 182 valence electrons. The van der Waals surface area contributed by atoms with Gasteiger partial charge in [-0.3, -0.25) is 4.79 Å². The molecule has 2 aliphatic heterocycles. The maximum Gasteiger partial charge on any atom is 0.407 e. The largest absolute Gasteiger partial charge is 0.447 e. The number of piperidine rings is 1. The van der Waals surface area contributed by atoms with Gasteiger partial charge < -0.3 is 25.0 Å². The maximum absolute atomic E-state index is 15.0. The topological polar surface area (TPSA) is 82.1 Å². The quantitative estimate of drug-likeness (QED) is 0.701. The lowest BCUT2D eigenvalue weighted by atomic mass is 9.78. The fourth-order valence-corrected chi connectivity index (χ4v) is 5.63. The number of hydrogen-bond donors (Lipinski definition) is 2. The van der Waals surface area contributed by atoms with Crippen molar-refractivity contribution in [1.82, 2.24) is 10.2 Å². The van der Waals surface area contributed by atoms with E-state index in [9.17, 15) is 14.7 Å². The molecule has 2 heterocycles. The number of ether oxygens (including phenoxy) is 1. The number of amides is 2. The molecule has 33 heavy (non-hydrogen) atoms. The molecule has 1 saturated carbocycles. The number of benzene rings is 1. The highest BCUT2D eigenvalue weighted by molar-refractivity contribution is 5.86. The molecular formula is C25H36FN3O4. The molecule has 3 aliphatic rings.